The van der Waals surface area contributed by atoms with E-state index in [1.165, 1.54) is 0 Å². The summed E-state index contributed by atoms with van der Waals surface area (Å²) in [4.78, 5) is 0. The van der Waals surface area contributed by atoms with Crippen molar-refractivity contribution >= 4 is 0 Å². The maximum Gasteiger partial charge on any atom is 0.129 e. The average Bonchev–Trinajstić information content (AvgIpc) is 2.67. The fraction of sp³-hybridized carbons (Fsp3) is 0.455. The molecule has 1 saturated heterocycles. The van der Waals surface area contributed by atoms with Crippen LogP contribution in [0.2, 0.25) is 0 Å². The summed E-state index contributed by atoms with van der Waals surface area (Å²) >= 11 is 0. The molecule has 3 nitrogen and oxygen atoms in total. The molecule has 3 heteroatoms. The highest BCUT2D eigenvalue weighted by Gasteiger charge is 2.29. The van der Waals surface area contributed by atoms with Crippen molar-refractivity contribution in [3.63, 3.8) is 0 Å². The van der Waals surface area contributed by atoms with Gasteiger partial charge in [0.25, 0.3) is 0 Å². The van der Waals surface area contributed by atoms with Crippen LogP contribution in [0.4, 0.5) is 0 Å². The van der Waals surface area contributed by atoms with E-state index in [9.17, 15) is 0 Å². The predicted octanol–water partition coefficient (Wildman–Crippen LogP) is 1.22. The van der Waals surface area contributed by atoms with E-state index in [1.807, 2.05) is 30.3 Å². The Hall–Kier alpha value is -1.06. The molecule has 1 aromatic rings. The maximum atomic E-state index is 9.01. The highest BCUT2D eigenvalue weighted by molar-refractivity contribution is 5.21. The van der Waals surface area contributed by atoms with Gasteiger partial charge in [0.2, 0.25) is 0 Å². The fourth-order valence-electron chi connectivity index (χ4n) is 1.61. The monoisotopic (exact) mass is 194 g/mol. The first-order valence-electron chi connectivity index (χ1n) is 4.84. The summed E-state index contributed by atoms with van der Waals surface area (Å²) in [6.07, 6.45) is 0.665. The standard InChI is InChI=1S/C11H14O3/c12-8-11-10(6-7-13-11)14-9-4-2-1-3-5-9/h1-5,10-12H,6-8H2/t10-,11+/m0/s1. The lowest BCUT2D eigenvalue weighted by molar-refractivity contribution is 0.0128. The molecule has 0 unspecified atom stereocenters. The molecule has 1 fully saturated rings. The summed E-state index contributed by atoms with van der Waals surface area (Å²) < 4.78 is 11.0. The predicted molar refractivity (Wildman–Crippen MR) is 52.3 cm³/mol. The lowest BCUT2D eigenvalue weighted by Crippen LogP contribution is -2.30. The van der Waals surface area contributed by atoms with Crippen molar-refractivity contribution in [2.45, 2.75) is 18.6 Å². The van der Waals surface area contributed by atoms with Crippen LogP contribution >= 0.6 is 0 Å². The first kappa shape index (κ1) is 9.49. The fourth-order valence-corrected chi connectivity index (χ4v) is 1.61. The largest absolute Gasteiger partial charge is 0.488 e. The first-order chi connectivity index (χ1) is 6.90. The molecule has 76 valence electrons. The number of aliphatic hydroxyl groups is 1. The molecule has 2 atom stereocenters. The van der Waals surface area contributed by atoms with Crippen molar-refractivity contribution < 1.29 is 14.6 Å². The van der Waals surface area contributed by atoms with Gasteiger partial charge in [0, 0.05) is 6.42 Å². The summed E-state index contributed by atoms with van der Waals surface area (Å²) in [7, 11) is 0. The number of hydrogen-bond acceptors (Lipinski definition) is 3. The molecule has 0 aliphatic carbocycles. The normalized spacial score (nSPS) is 26.4. The van der Waals surface area contributed by atoms with Gasteiger partial charge in [-0.1, -0.05) is 18.2 Å². The minimum absolute atomic E-state index is 0.0117. The molecule has 1 N–H and O–H groups in total. The minimum Gasteiger partial charge on any atom is -0.488 e. The van der Waals surface area contributed by atoms with E-state index < -0.39 is 0 Å². The van der Waals surface area contributed by atoms with E-state index in [4.69, 9.17) is 14.6 Å². The van der Waals surface area contributed by atoms with Crippen molar-refractivity contribution in [3.8, 4) is 5.75 Å². The Labute approximate surface area is 83.3 Å². The van der Waals surface area contributed by atoms with Gasteiger partial charge in [-0.3, -0.25) is 0 Å². The quantitative estimate of drug-likeness (QED) is 0.786. The third-order valence-electron chi connectivity index (χ3n) is 2.36. The average molecular weight is 194 g/mol. The van der Waals surface area contributed by atoms with E-state index in [0.29, 0.717) is 6.61 Å². The van der Waals surface area contributed by atoms with Crippen molar-refractivity contribution in [2.24, 2.45) is 0 Å². The number of benzene rings is 1. The number of rotatable bonds is 3. The summed E-state index contributed by atoms with van der Waals surface area (Å²) in [6, 6.07) is 9.62. The van der Waals surface area contributed by atoms with Crippen LogP contribution in [-0.2, 0) is 4.74 Å². The third-order valence-corrected chi connectivity index (χ3v) is 2.36. The zero-order chi connectivity index (χ0) is 9.80. The van der Waals surface area contributed by atoms with E-state index in [1.54, 1.807) is 0 Å². The molecule has 2 rings (SSSR count). The molecule has 0 amide bonds. The molecule has 0 radical (unpaired) electrons. The second kappa shape index (κ2) is 4.44. The molecular weight excluding hydrogens is 180 g/mol. The maximum absolute atomic E-state index is 9.01. The van der Waals surface area contributed by atoms with Crippen molar-refractivity contribution in [3.05, 3.63) is 30.3 Å². The zero-order valence-corrected chi connectivity index (χ0v) is 7.93. The first-order valence-corrected chi connectivity index (χ1v) is 4.84. The van der Waals surface area contributed by atoms with Gasteiger partial charge in [0.15, 0.2) is 0 Å². The highest BCUT2D eigenvalue weighted by atomic mass is 16.6. The number of aliphatic hydroxyl groups excluding tert-OH is 1. The Morgan fingerprint density at radius 2 is 2.14 bits per heavy atom. The lowest BCUT2D eigenvalue weighted by atomic mass is 10.2. The van der Waals surface area contributed by atoms with Gasteiger partial charge in [-0.15, -0.1) is 0 Å². The summed E-state index contributed by atoms with van der Waals surface area (Å²) in [5, 5.41) is 9.01. The third kappa shape index (κ3) is 2.05. The Balaban J connectivity index is 1.97. The van der Waals surface area contributed by atoms with Crippen molar-refractivity contribution in [1.82, 2.24) is 0 Å². The molecule has 0 spiro atoms. The molecule has 1 heterocycles. The number of hydrogen-bond donors (Lipinski definition) is 1. The van der Waals surface area contributed by atoms with Gasteiger partial charge in [-0.05, 0) is 12.1 Å². The van der Waals surface area contributed by atoms with E-state index >= 15 is 0 Å². The van der Waals surface area contributed by atoms with Crippen LogP contribution in [0.25, 0.3) is 0 Å². The lowest BCUT2D eigenvalue weighted by Gasteiger charge is -2.17. The SMILES string of the molecule is OC[C@H]1OCC[C@@H]1Oc1ccccc1. The Kier molecular flexibility index (Phi) is 3.01. The highest BCUT2D eigenvalue weighted by Crippen LogP contribution is 2.20. The van der Waals surface area contributed by atoms with E-state index in [-0.39, 0.29) is 18.8 Å². The zero-order valence-electron chi connectivity index (χ0n) is 7.93. The second-order valence-corrected chi connectivity index (χ2v) is 3.35. The van der Waals surface area contributed by atoms with Crippen LogP contribution in [-0.4, -0.2) is 30.5 Å². The topological polar surface area (TPSA) is 38.7 Å². The van der Waals surface area contributed by atoms with Crippen molar-refractivity contribution in [1.29, 1.82) is 0 Å². The van der Waals surface area contributed by atoms with Crippen LogP contribution in [0.15, 0.2) is 30.3 Å². The minimum atomic E-state index is -0.171. The van der Waals surface area contributed by atoms with Crippen LogP contribution in [0.1, 0.15) is 6.42 Å². The Morgan fingerprint density at radius 3 is 2.86 bits per heavy atom. The van der Waals surface area contributed by atoms with Crippen LogP contribution in [0.3, 0.4) is 0 Å². The molecule has 1 aliphatic heterocycles. The van der Waals surface area contributed by atoms with Crippen LogP contribution in [0, 0.1) is 0 Å². The van der Waals surface area contributed by atoms with Gasteiger partial charge in [-0.2, -0.15) is 0 Å². The summed E-state index contributed by atoms with van der Waals surface area (Å²) in [5.74, 6) is 0.835. The van der Waals surface area contributed by atoms with E-state index in [0.717, 1.165) is 12.2 Å². The molecule has 0 bridgehead atoms. The Bertz CT molecular complexity index is 273. The molecule has 14 heavy (non-hydrogen) atoms. The van der Waals surface area contributed by atoms with Gasteiger partial charge >= 0.3 is 0 Å². The molecule has 1 aliphatic rings. The summed E-state index contributed by atoms with van der Waals surface area (Å²) in [6.45, 7) is 0.695. The van der Waals surface area contributed by atoms with Gasteiger partial charge in [0.1, 0.15) is 18.0 Å². The van der Waals surface area contributed by atoms with Crippen LogP contribution < -0.4 is 4.74 Å². The molecule has 0 aromatic heterocycles. The van der Waals surface area contributed by atoms with Gasteiger partial charge in [0.05, 0.1) is 13.2 Å². The van der Waals surface area contributed by atoms with Gasteiger partial charge in [-0.25, -0.2) is 0 Å². The van der Waals surface area contributed by atoms with Crippen molar-refractivity contribution in [2.75, 3.05) is 13.2 Å². The molecule has 1 aromatic carbocycles. The van der Waals surface area contributed by atoms with Crippen LogP contribution in [0.5, 0.6) is 5.75 Å². The Morgan fingerprint density at radius 1 is 1.36 bits per heavy atom. The molecular formula is C11H14O3. The van der Waals surface area contributed by atoms with Gasteiger partial charge < -0.3 is 14.6 Å². The molecule has 0 saturated carbocycles. The summed E-state index contributed by atoms with van der Waals surface area (Å²) in [5.41, 5.74) is 0. The second-order valence-electron chi connectivity index (χ2n) is 3.35. The smallest absolute Gasteiger partial charge is 0.129 e. The van der Waals surface area contributed by atoms with E-state index in [2.05, 4.69) is 0 Å². The number of para-hydroxylation sites is 1. The number of ether oxygens (including phenoxy) is 2.